The first-order valence-electron chi connectivity index (χ1n) is 11.0. The Labute approximate surface area is 199 Å². The van der Waals surface area contributed by atoms with Gasteiger partial charge in [-0.2, -0.15) is 5.26 Å². The van der Waals surface area contributed by atoms with Gasteiger partial charge in [0, 0.05) is 25.2 Å². The molecule has 8 heteroatoms. The molecule has 7 nitrogen and oxygen atoms in total. The molecule has 0 radical (unpaired) electrons. The van der Waals surface area contributed by atoms with E-state index in [1.165, 1.54) is 0 Å². The molecule has 1 atom stereocenters. The molecule has 1 N–H and O–H groups in total. The topological polar surface area (TPSA) is 80.4 Å². The van der Waals surface area contributed by atoms with Crippen molar-refractivity contribution >= 4 is 29.1 Å². The van der Waals surface area contributed by atoms with Gasteiger partial charge in [-0.05, 0) is 30.2 Å². The van der Waals surface area contributed by atoms with E-state index >= 15 is 0 Å². The van der Waals surface area contributed by atoms with Crippen LogP contribution >= 0.6 is 11.6 Å². The van der Waals surface area contributed by atoms with Crippen molar-refractivity contribution in [3.8, 4) is 17.5 Å². The lowest BCUT2D eigenvalue weighted by molar-refractivity contribution is 0.223. The first kappa shape index (κ1) is 22.6. The van der Waals surface area contributed by atoms with Gasteiger partial charge >= 0.3 is 0 Å². The summed E-state index contributed by atoms with van der Waals surface area (Å²) < 4.78 is 0. The minimum atomic E-state index is 0.122. The van der Waals surface area contributed by atoms with Crippen molar-refractivity contribution in [2.75, 3.05) is 29.9 Å². The maximum atomic E-state index is 9.32. The summed E-state index contributed by atoms with van der Waals surface area (Å²) in [5.74, 6) is 1.67. The Hall–Kier alpha value is -3.63. The summed E-state index contributed by atoms with van der Waals surface area (Å²) in [5.41, 5.74) is 2.62. The van der Waals surface area contributed by atoms with Crippen molar-refractivity contribution in [2.24, 2.45) is 10.9 Å². The molecule has 4 rings (SSSR count). The monoisotopic (exact) mass is 459 g/mol. The highest BCUT2D eigenvalue weighted by atomic mass is 35.5. The number of benzene rings is 2. The van der Waals surface area contributed by atoms with Crippen molar-refractivity contribution in [2.45, 2.75) is 19.9 Å². The quantitative estimate of drug-likeness (QED) is 0.340. The van der Waals surface area contributed by atoms with Crippen LogP contribution in [0, 0.1) is 17.4 Å². The highest BCUT2D eigenvalue weighted by molar-refractivity contribution is 6.33. The zero-order valence-corrected chi connectivity index (χ0v) is 19.4. The second kappa shape index (κ2) is 10.3. The van der Waals surface area contributed by atoms with Gasteiger partial charge in [0.05, 0.1) is 22.4 Å². The number of hydrogen-bond donors (Lipinski definition) is 1. The SMILES string of the molecule is CC(C)C1CN(c2ccc(-c3ccccc3)nn2)CCN1/C(=N\C#N)Nc1ccccc1Cl. The average molecular weight is 460 g/mol. The Bertz CT molecular complexity index is 1140. The summed E-state index contributed by atoms with van der Waals surface area (Å²) in [6, 6.07) is 21.6. The number of rotatable bonds is 4. The molecule has 168 valence electrons. The molecule has 2 aromatic carbocycles. The summed E-state index contributed by atoms with van der Waals surface area (Å²) in [5, 5.41) is 22.1. The van der Waals surface area contributed by atoms with Crippen LogP contribution in [0.15, 0.2) is 71.7 Å². The van der Waals surface area contributed by atoms with Crippen LogP contribution in [0.5, 0.6) is 0 Å². The van der Waals surface area contributed by atoms with E-state index in [2.05, 4.69) is 44.2 Å². The maximum Gasteiger partial charge on any atom is 0.214 e. The molecular formula is C25H26ClN7. The molecule has 0 bridgehead atoms. The van der Waals surface area contributed by atoms with Gasteiger partial charge in [-0.1, -0.05) is 67.9 Å². The van der Waals surface area contributed by atoms with Crippen LogP contribution in [0.4, 0.5) is 11.5 Å². The number of piperazine rings is 1. The normalized spacial score (nSPS) is 16.6. The number of hydrogen-bond acceptors (Lipinski definition) is 5. The zero-order chi connectivity index (χ0) is 23.2. The Morgan fingerprint density at radius 1 is 1.06 bits per heavy atom. The smallest absolute Gasteiger partial charge is 0.214 e. The van der Waals surface area contributed by atoms with Gasteiger partial charge in [0.25, 0.3) is 0 Å². The maximum absolute atomic E-state index is 9.32. The minimum Gasteiger partial charge on any atom is -0.351 e. The van der Waals surface area contributed by atoms with E-state index in [1.54, 1.807) is 0 Å². The van der Waals surface area contributed by atoms with E-state index in [-0.39, 0.29) is 6.04 Å². The third-order valence-electron chi connectivity index (χ3n) is 5.78. The predicted molar refractivity (Wildman–Crippen MR) is 133 cm³/mol. The minimum absolute atomic E-state index is 0.122. The predicted octanol–water partition coefficient (Wildman–Crippen LogP) is 4.89. The number of halogens is 1. The van der Waals surface area contributed by atoms with Crippen molar-refractivity contribution in [3.63, 3.8) is 0 Å². The molecule has 2 heterocycles. The first-order valence-corrected chi connectivity index (χ1v) is 11.3. The van der Waals surface area contributed by atoms with E-state index in [0.29, 0.717) is 23.4 Å². The second-order valence-electron chi connectivity index (χ2n) is 8.23. The fourth-order valence-electron chi connectivity index (χ4n) is 4.00. The molecule has 0 spiro atoms. The lowest BCUT2D eigenvalue weighted by Crippen LogP contribution is -2.58. The van der Waals surface area contributed by atoms with Gasteiger partial charge in [0.2, 0.25) is 12.2 Å². The zero-order valence-electron chi connectivity index (χ0n) is 18.7. The molecule has 3 aromatic rings. The fourth-order valence-corrected chi connectivity index (χ4v) is 4.19. The largest absolute Gasteiger partial charge is 0.351 e. The number of nitriles is 1. The van der Waals surface area contributed by atoms with Crippen LogP contribution in [-0.4, -0.2) is 46.7 Å². The van der Waals surface area contributed by atoms with Gasteiger partial charge < -0.3 is 15.1 Å². The highest BCUT2D eigenvalue weighted by Crippen LogP contribution is 2.26. The molecule has 1 unspecified atom stereocenters. The standard InChI is InChI=1S/C25H26ClN7/c1-18(2)23-16-32(24-13-12-21(30-31-24)19-8-4-3-5-9-19)14-15-33(23)25(28-17-27)29-22-11-7-6-10-20(22)26/h3-13,18,23H,14-16H2,1-2H3,(H,28,29). The summed E-state index contributed by atoms with van der Waals surface area (Å²) >= 11 is 6.32. The van der Waals surface area contributed by atoms with Crippen LogP contribution in [0.2, 0.25) is 5.02 Å². The van der Waals surface area contributed by atoms with Gasteiger partial charge in [-0.3, -0.25) is 0 Å². The lowest BCUT2D eigenvalue weighted by Gasteiger charge is -2.44. The molecule has 1 aliphatic heterocycles. The van der Waals surface area contributed by atoms with Crippen LogP contribution in [0.25, 0.3) is 11.3 Å². The first-order chi connectivity index (χ1) is 16.1. The molecule has 1 fully saturated rings. The summed E-state index contributed by atoms with van der Waals surface area (Å²) in [4.78, 5) is 8.48. The van der Waals surface area contributed by atoms with Gasteiger partial charge in [0.1, 0.15) is 0 Å². The summed E-state index contributed by atoms with van der Waals surface area (Å²) in [6.07, 6.45) is 1.93. The van der Waals surface area contributed by atoms with Gasteiger partial charge in [-0.25, -0.2) is 0 Å². The number of anilines is 2. The van der Waals surface area contributed by atoms with Crippen LogP contribution in [0.3, 0.4) is 0 Å². The molecule has 1 saturated heterocycles. The number of nitrogens with one attached hydrogen (secondary N) is 1. The van der Waals surface area contributed by atoms with Crippen molar-refractivity contribution in [1.82, 2.24) is 15.1 Å². The summed E-state index contributed by atoms with van der Waals surface area (Å²) in [6.45, 7) is 6.50. The number of nitrogens with zero attached hydrogens (tertiary/aromatic N) is 6. The van der Waals surface area contributed by atoms with Gasteiger partial charge in [0.15, 0.2) is 5.82 Å². The van der Waals surface area contributed by atoms with Crippen molar-refractivity contribution < 1.29 is 0 Å². The molecule has 33 heavy (non-hydrogen) atoms. The van der Waals surface area contributed by atoms with Crippen molar-refractivity contribution in [1.29, 1.82) is 5.26 Å². The average Bonchev–Trinajstić information content (AvgIpc) is 2.85. The Kier molecular flexibility index (Phi) is 7.06. The Balaban J connectivity index is 1.53. The van der Waals surface area contributed by atoms with E-state index < -0.39 is 0 Å². The van der Waals surface area contributed by atoms with Crippen molar-refractivity contribution in [3.05, 3.63) is 71.8 Å². The Morgan fingerprint density at radius 2 is 1.82 bits per heavy atom. The highest BCUT2D eigenvalue weighted by Gasteiger charge is 2.32. The molecule has 1 aliphatic rings. The Morgan fingerprint density at radius 3 is 2.48 bits per heavy atom. The van der Waals surface area contributed by atoms with E-state index in [0.717, 1.165) is 35.9 Å². The van der Waals surface area contributed by atoms with E-state index in [4.69, 9.17) is 11.6 Å². The fraction of sp³-hybridized carbons (Fsp3) is 0.280. The third-order valence-corrected chi connectivity index (χ3v) is 6.11. The van der Waals surface area contributed by atoms with E-state index in [9.17, 15) is 5.26 Å². The van der Waals surface area contributed by atoms with E-state index in [1.807, 2.05) is 72.9 Å². The molecule has 0 amide bonds. The number of guanidine groups is 1. The summed E-state index contributed by atoms with van der Waals surface area (Å²) in [7, 11) is 0. The molecule has 1 aromatic heterocycles. The van der Waals surface area contributed by atoms with Crippen LogP contribution < -0.4 is 10.2 Å². The number of para-hydroxylation sites is 1. The van der Waals surface area contributed by atoms with Gasteiger partial charge in [-0.15, -0.1) is 15.2 Å². The number of aliphatic imine (C=N–C) groups is 1. The second-order valence-corrected chi connectivity index (χ2v) is 8.64. The molecule has 0 saturated carbocycles. The molecular weight excluding hydrogens is 434 g/mol. The number of aromatic nitrogens is 2. The molecule has 0 aliphatic carbocycles. The third kappa shape index (κ3) is 5.24. The lowest BCUT2D eigenvalue weighted by atomic mass is 9.99. The van der Waals surface area contributed by atoms with Crippen LogP contribution in [-0.2, 0) is 0 Å². The van der Waals surface area contributed by atoms with Crippen LogP contribution in [0.1, 0.15) is 13.8 Å².